The van der Waals surface area contributed by atoms with E-state index in [0.717, 1.165) is 5.75 Å². The fourth-order valence-corrected chi connectivity index (χ4v) is 4.04. The van der Waals surface area contributed by atoms with E-state index in [-0.39, 0.29) is 0 Å². The third kappa shape index (κ3) is 11.9. The first-order valence-corrected chi connectivity index (χ1v) is 11.2. The van der Waals surface area contributed by atoms with Crippen LogP contribution in [-0.2, 0) is 5.75 Å². The van der Waals surface area contributed by atoms with E-state index in [9.17, 15) is 0 Å². The molecule has 0 saturated heterocycles. The minimum absolute atomic E-state index is 0.372. The molecule has 0 aliphatic rings. The first-order chi connectivity index (χ1) is 11.6. The molecule has 2 heteroatoms. The molecule has 0 N–H and O–H groups in total. The number of unbranched alkanes of at least 4 members (excludes halogenated alkanes) is 10. The van der Waals surface area contributed by atoms with Gasteiger partial charge in [-0.1, -0.05) is 97.5 Å². The van der Waals surface area contributed by atoms with E-state index < -0.39 is 0 Å². The van der Waals surface area contributed by atoms with Crippen LogP contribution in [-0.4, -0.2) is 9.73 Å². The molecule has 1 aromatic rings. The van der Waals surface area contributed by atoms with Gasteiger partial charge in [-0.25, -0.2) is 0 Å². The highest BCUT2D eigenvalue weighted by Gasteiger charge is 2.17. The summed E-state index contributed by atoms with van der Waals surface area (Å²) in [5.74, 6) is 1.03. The molecule has 0 unspecified atom stereocenters. The van der Waals surface area contributed by atoms with Crippen LogP contribution in [0.15, 0.2) is 24.4 Å². The monoisotopic (exact) mass is 349 g/mol. The van der Waals surface area contributed by atoms with Crippen molar-refractivity contribution in [3.8, 4) is 0 Å². The highest BCUT2D eigenvalue weighted by molar-refractivity contribution is 7.99. The summed E-state index contributed by atoms with van der Waals surface area (Å²) < 4.78 is 0.372. The van der Waals surface area contributed by atoms with Crippen LogP contribution in [0.25, 0.3) is 0 Å². The van der Waals surface area contributed by atoms with Crippen LogP contribution in [0.3, 0.4) is 0 Å². The van der Waals surface area contributed by atoms with Crippen molar-refractivity contribution >= 4 is 11.8 Å². The molecule has 138 valence electrons. The third-order valence-electron chi connectivity index (χ3n) is 4.72. The molecule has 0 spiro atoms. The topological polar surface area (TPSA) is 12.9 Å². The molecule has 0 amide bonds. The molecule has 0 radical (unpaired) electrons. The van der Waals surface area contributed by atoms with Crippen molar-refractivity contribution in [1.82, 2.24) is 4.98 Å². The number of rotatable bonds is 15. The van der Waals surface area contributed by atoms with E-state index in [0.29, 0.717) is 4.75 Å². The number of thioether (sulfide) groups is 1. The Morgan fingerprint density at radius 2 is 1.42 bits per heavy atom. The highest BCUT2D eigenvalue weighted by atomic mass is 32.2. The van der Waals surface area contributed by atoms with Crippen molar-refractivity contribution in [3.63, 3.8) is 0 Å². The fourth-order valence-electron chi connectivity index (χ4n) is 3.04. The van der Waals surface area contributed by atoms with Crippen LogP contribution in [0.1, 0.15) is 104 Å². The minimum Gasteiger partial charge on any atom is -0.260 e. The predicted octanol–water partition coefficient (Wildman–Crippen LogP) is 7.79. The Morgan fingerprint density at radius 3 is 1.96 bits per heavy atom. The van der Waals surface area contributed by atoms with Crippen molar-refractivity contribution in [1.29, 1.82) is 0 Å². The molecule has 0 atom stereocenters. The zero-order chi connectivity index (χ0) is 17.5. The molecule has 0 fully saturated rings. The number of hydrogen-bond acceptors (Lipinski definition) is 2. The Morgan fingerprint density at radius 1 is 0.833 bits per heavy atom. The molecule has 1 nitrogen and oxygen atoms in total. The van der Waals surface area contributed by atoms with Gasteiger partial charge in [0.1, 0.15) is 0 Å². The maximum absolute atomic E-state index is 4.42. The van der Waals surface area contributed by atoms with Crippen LogP contribution in [0.4, 0.5) is 0 Å². The van der Waals surface area contributed by atoms with Gasteiger partial charge >= 0.3 is 0 Å². The van der Waals surface area contributed by atoms with Gasteiger partial charge in [-0.2, -0.15) is 0 Å². The maximum atomic E-state index is 4.42. The first-order valence-electron chi connectivity index (χ1n) is 10.2. The van der Waals surface area contributed by atoms with Crippen molar-refractivity contribution in [2.45, 2.75) is 108 Å². The molecular formula is C22H39NS. The molecule has 24 heavy (non-hydrogen) atoms. The Labute approximate surface area is 155 Å². The summed E-state index contributed by atoms with van der Waals surface area (Å²) in [6.07, 6.45) is 18.9. The molecule has 0 bridgehead atoms. The number of aromatic nitrogens is 1. The average Bonchev–Trinajstić information content (AvgIpc) is 2.59. The summed E-state index contributed by atoms with van der Waals surface area (Å²) in [4.78, 5) is 4.42. The van der Waals surface area contributed by atoms with Gasteiger partial charge < -0.3 is 0 Å². The fraction of sp³-hybridized carbons (Fsp3) is 0.773. The Kier molecular flexibility index (Phi) is 12.3. The van der Waals surface area contributed by atoms with Crippen LogP contribution in [0.2, 0.25) is 0 Å². The summed E-state index contributed by atoms with van der Waals surface area (Å²) >= 11 is 2.05. The molecule has 0 aromatic carbocycles. The Balaban J connectivity index is 1.94. The zero-order valence-electron chi connectivity index (χ0n) is 16.4. The molecule has 0 aliphatic heterocycles. The smallest absolute Gasteiger partial charge is 0.0502 e. The van der Waals surface area contributed by atoms with Gasteiger partial charge in [0, 0.05) is 16.7 Å². The van der Waals surface area contributed by atoms with E-state index in [1.165, 1.54) is 82.7 Å². The summed E-state index contributed by atoms with van der Waals surface area (Å²) in [7, 11) is 0. The van der Waals surface area contributed by atoms with Gasteiger partial charge in [-0.15, -0.1) is 11.8 Å². The van der Waals surface area contributed by atoms with Gasteiger partial charge in [-0.05, 0) is 18.6 Å². The van der Waals surface area contributed by atoms with Gasteiger partial charge in [0.25, 0.3) is 0 Å². The second kappa shape index (κ2) is 13.8. The number of nitrogens with zero attached hydrogens (tertiary/aromatic N) is 1. The lowest BCUT2D eigenvalue weighted by Gasteiger charge is -2.23. The van der Waals surface area contributed by atoms with E-state index in [2.05, 4.69) is 49.6 Å². The molecule has 1 rings (SSSR count). The first kappa shape index (κ1) is 21.5. The van der Waals surface area contributed by atoms with Crippen molar-refractivity contribution < 1.29 is 0 Å². The molecule has 0 aliphatic carbocycles. The van der Waals surface area contributed by atoms with Crippen molar-refractivity contribution in [2.75, 3.05) is 0 Å². The molecule has 0 saturated carbocycles. The summed E-state index contributed by atoms with van der Waals surface area (Å²) in [6, 6.07) is 6.20. The second-order valence-electron chi connectivity index (χ2n) is 7.65. The summed E-state index contributed by atoms with van der Waals surface area (Å²) in [6.45, 7) is 7.06. The highest BCUT2D eigenvalue weighted by Crippen LogP contribution is 2.32. The van der Waals surface area contributed by atoms with Crippen LogP contribution in [0.5, 0.6) is 0 Å². The average molecular weight is 350 g/mol. The van der Waals surface area contributed by atoms with Crippen LogP contribution < -0.4 is 0 Å². The van der Waals surface area contributed by atoms with Crippen molar-refractivity contribution in [2.24, 2.45) is 0 Å². The Bertz CT molecular complexity index is 388. The van der Waals surface area contributed by atoms with Gasteiger partial charge in [0.05, 0.1) is 5.69 Å². The van der Waals surface area contributed by atoms with E-state index in [1.807, 2.05) is 12.3 Å². The largest absolute Gasteiger partial charge is 0.260 e. The van der Waals surface area contributed by atoms with Gasteiger partial charge in [0.2, 0.25) is 0 Å². The summed E-state index contributed by atoms with van der Waals surface area (Å²) in [5, 5.41) is 0. The SMILES string of the molecule is CCCCCCCCCCCCCC(C)(C)SCc1ccccn1. The maximum Gasteiger partial charge on any atom is 0.0502 e. The lowest BCUT2D eigenvalue weighted by Crippen LogP contribution is -2.14. The predicted molar refractivity (Wildman–Crippen MR) is 111 cm³/mol. The number of hydrogen-bond donors (Lipinski definition) is 0. The Hall–Kier alpha value is -0.500. The lowest BCUT2D eigenvalue weighted by atomic mass is 10.0. The number of pyridine rings is 1. The third-order valence-corrected chi connectivity index (χ3v) is 6.15. The quantitative estimate of drug-likeness (QED) is 0.300. The van der Waals surface area contributed by atoms with E-state index >= 15 is 0 Å². The lowest BCUT2D eigenvalue weighted by molar-refractivity contribution is 0.523. The van der Waals surface area contributed by atoms with Crippen LogP contribution >= 0.6 is 11.8 Å². The van der Waals surface area contributed by atoms with Gasteiger partial charge in [0.15, 0.2) is 0 Å². The molecule has 1 aromatic heterocycles. The van der Waals surface area contributed by atoms with Crippen molar-refractivity contribution in [3.05, 3.63) is 30.1 Å². The van der Waals surface area contributed by atoms with Crippen LogP contribution in [0, 0.1) is 0 Å². The molecular weight excluding hydrogens is 310 g/mol. The zero-order valence-corrected chi connectivity index (χ0v) is 17.2. The minimum atomic E-state index is 0.372. The summed E-state index contributed by atoms with van der Waals surface area (Å²) in [5.41, 5.74) is 1.20. The second-order valence-corrected chi connectivity index (χ2v) is 9.34. The van der Waals surface area contributed by atoms with E-state index in [1.54, 1.807) is 0 Å². The van der Waals surface area contributed by atoms with Gasteiger partial charge in [-0.3, -0.25) is 4.98 Å². The normalized spacial score (nSPS) is 11.8. The standard InChI is InChI=1S/C22H39NS/c1-4-5-6-7-8-9-10-11-12-13-15-18-22(2,3)24-20-21-17-14-16-19-23-21/h14,16-17,19H,4-13,15,18,20H2,1-3H3. The molecule has 1 heterocycles. The van der Waals surface area contributed by atoms with E-state index in [4.69, 9.17) is 0 Å².